The van der Waals surface area contributed by atoms with Gasteiger partial charge in [-0.15, -0.1) is 11.3 Å². The molecular weight excluding hydrogens is 330 g/mol. The lowest BCUT2D eigenvalue weighted by molar-refractivity contribution is -0.117. The van der Waals surface area contributed by atoms with Crippen LogP contribution < -0.4 is 11.0 Å². The van der Waals surface area contributed by atoms with Crippen molar-refractivity contribution in [1.29, 1.82) is 0 Å². The van der Waals surface area contributed by atoms with Crippen molar-refractivity contribution in [2.45, 2.75) is 24.3 Å². The van der Waals surface area contributed by atoms with Crippen LogP contribution in [0.5, 0.6) is 0 Å². The van der Waals surface area contributed by atoms with E-state index in [-0.39, 0.29) is 11.5 Å². The van der Waals surface area contributed by atoms with E-state index in [0.717, 1.165) is 20.8 Å². The van der Waals surface area contributed by atoms with Gasteiger partial charge in [0.05, 0.1) is 5.39 Å². The Morgan fingerprint density at radius 1 is 1.17 bits per heavy atom. The third-order valence-electron chi connectivity index (χ3n) is 3.96. The van der Waals surface area contributed by atoms with E-state index in [2.05, 4.69) is 10.4 Å². The largest absolute Gasteiger partial charge is 0.282 e. The summed E-state index contributed by atoms with van der Waals surface area (Å²) < 4.78 is 1.27. The quantitative estimate of drug-likeness (QED) is 0.690. The van der Waals surface area contributed by atoms with Crippen LogP contribution in [0.15, 0.2) is 40.3 Å². The molecule has 0 saturated carbocycles. The van der Waals surface area contributed by atoms with Gasteiger partial charge >= 0.3 is 0 Å². The van der Waals surface area contributed by atoms with Crippen molar-refractivity contribution in [3.63, 3.8) is 0 Å². The molecule has 0 bridgehead atoms. The fourth-order valence-corrected chi connectivity index (χ4v) is 4.75. The van der Waals surface area contributed by atoms with E-state index in [0.29, 0.717) is 10.5 Å². The molecule has 0 fully saturated rings. The summed E-state index contributed by atoms with van der Waals surface area (Å²) in [5.41, 5.74) is 4.31. The van der Waals surface area contributed by atoms with Crippen LogP contribution in [0.1, 0.15) is 21.3 Å². The molecule has 0 spiro atoms. The number of rotatable bonds is 1. The van der Waals surface area contributed by atoms with Crippen molar-refractivity contribution in [2.75, 3.05) is 5.43 Å². The molecule has 3 aromatic rings. The van der Waals surface area contributed by atoms with E-state index in [9.17, 15) is 9.59 Å². The van der Waals surface area contributed by atoms with Gasteiger partial charge in [0.25, 0.3) is 11.5 Å². The zero-order valence-corrected chi connectivity index (χ0v) is 14.1. The predicted molar refractivity (Wildman–Crippen MR) is 92.8 cm³/mol. The molecule has 1 aromatic carbocycles. The molecule has 1 atom stereocenters. The van der Waals surface area contributed by atoms with Crippen LogP contribution in [0.25, 0.3) is 10.2 Å². The van der Waals surface area contributed by atoms with Gasteiger partial charge in [0, 0.05) is 4.88 Å². The van der Waals surface area contributed by atoms with E-state index in [1.54, 1.807) is 0 Å². The lowest BCUT2D eigenvalue weighted by atomic mass is 10.1. The fourth-order valence-electron chi connectivity index (χ4n) is 2.63. The van der Waals surface area contributed by atoms with Crippen LogP contribution in [0.4, 0.5) is 0 Å². The number of amides is 1. The summed E-state index contributed by atoms with van der Waals surface area (Å²) in [6, 6.07) is 9.51. The van der Waals surface area contributed by atoms with Crippen molar-refractivity contribution < 1.29 is 4.79 Å². The Hall–Kier alpha value is -2.12. The van der Waals surface area contributed by atoms with Crippen molar-refractivity contribution in [2.24, 2.45) is 0 Å². The Morgan fingerprint density at radius 2 is 1.91 bits per heavy atom. The van der Waals surface area contributed by atoms with E-state index in [1.165, 1.54) is 27.8 Å². The second kappa shape index (κ2) is 5.21. The second-order valence-corrected chi connectivity index (χ2v) is 7.66. The van der Waals surface area contributed by atoms with Crippen molar-refractivity contribution in [1.82, 2.24) is 9.66 Å². The maximum absolute atomic E-state index is 12.7. The molecule has 1 N–H and O–H groups in total. The molecular formula is C16H13N3O2S2. The van der Waals surface area contributed by atoms with Gasteiger partial charge in [0.2, 0.25) is 0 Å². The summed E-state index contributed by atoms with van der Waals surface area (Å²) in [7, 11) is 0. The molecule has 0 saturated heterocycles. The number of thioether (sulfide) groups is 1. The van der Waals surface area contributed by atoms with Gasteiger partial charge in [-0.25, -0.2) is 4.98 Å². The van der Waals surface area contributed by atoms with Crippen LogP contribution in [0.3, 0.4) is 0 Å². The molecule has 1 amide bonds. The summed E-state index contributed by atoms with van der Waals surface area (Å²) in [5.74, 6) is -0.207. The molecule has 1 aliphatic rings. The van der Waals surface area contributed by atoms with Gasteiger partial charge in [-0.1, -0.05) is 42.1 Å². The SMILES string of the molecule is Cc1sc2nc3n(c(=O)c2c1C)NC(=O)C(c1ccccc1)S3. The van der Waals surface area contributed by atoms with Crippen LogP contribution >= 0.6 is 23.1 Å². The van der Waals surface area contributed by atoms with E-state index >= 15 is 0 Å². The van der Waals surface area contributed by atoms with Crippen molar-refractivity contribution in [3.05, 3.63) is 56.7 Å². The number of hydrogen-bond acceptors (Lipinski definition) is 5. The minimum atomic E-state index is -0.400. The standard InChI is InChI=1S/C16H13N3O2S2/c1-8-9(2)22-14-11(8)15(21)19-16(17-14)23-12(13(20)18-19)10-6-4-3-5-7-10/h3-7,12H,1-2H3,(H,18,20). The number of nitrogens with zero attached hydrogens (tertiary/aromatic N) is 2. The highest BCUT2D eigenvalue weighted by molar-refractivity contribution is 8.00. The minimum absolute atomic E-state index is 0.207. The molecule has 116 valence electrons. The van der Waals surface area contributed by atoms with Crippen molar-refractivity contribution >= 4 is 39.2 Å². The molecule has 5 nitrogen and oxygen atoms in total. The lowest BCUT2D eigenvalue weighted by Crippen LogP contribution is -2.40. The van der Waals surface area contributed by atoms with Crippen molar-refractivity contribution in [3.8, 4) is 0 Å². The highest BCUT2D eigenvalue weighted by Gasteiger charge is 2.31. The van der Waals surface area contributed by atoms with Gasteiger partial charge in [-0.2, -0.15) is 4.68 Å². The summed E-state index contributed by atoms with van der Waals surface area (Å²) >= 11 is 2.82. The molecule has 2 aromatic heterocycles. The zero-order chi connectivity index (χ0) is 16.1. The smallest absolute Gasteiger partial charge is 0.272 e. The van der Waals surface area contributed by atoms with Gasteiger partial charge < -0.3 is 0 Å². The normalized spacial score (nSPS) is 17.1. The third-order valence-corrected chi connectivity index (χ3v) is 6.27. The first-order valence-corrected chi connectivity index (χ1v) is 8.81. The average molecular weight is 343 g/mol. The Labute approximate surface area is 140 Å². The van der Waals surface area contributed by atoms with E-state index in [1.807, 2.05) is 44.2 Å². The lowest BCUT2D eigenvalue weighted by Gasteiger charge is -2.24. The predicted octanol–water partition coefficient (Wildman–Crippen LogP) is 2.99. The maximum atomic E-state index is 12.7. The monoisotopic (exact) mass is 343 g/mol. The number of hydrogen-bond donors (Lipinski definition) is 1. The van der Waals surface area contributed by atoms with E-state index in [4.69, 9.17) is 0 Å². The first-order chi connectivity index (χ1) is 11.1. The summed E-state index contributed by atoms with van der Waals surface area (Å²) in [6.07, 6.45) is 0. The summed E-state index contributed by atoms with van der Waals surface area (Å²) in [6.45, 7) is 3.89. The van der Waals surface area contributed by atoms with Crippen LogP contribution in [0, 0.1) is 13.8 Å². The Balaban J connectivity index is 1.88. The molecule has 0 aliphatic carbocycles. The molecule has 4 rings (SSSR count). The highest BCUT2D eigenvalue weighted by atomic mass is 32.2. The van der Waals surface area contributed by atoms with Gasteiger partial charge in [0.1, 0.15) is 10.1 Å². The van der Waals surface area contributed by atoms with Crippen LogP contribution in [-0.4, -0.2) is 15.6 Å². The van der Waals surface area contributed by atoms with E-state index < -0.39 is 5.25 Å². The molecule has 0 radical (unpaired) electrons. The van der Waals surface area contributed by atoms with Gasteiger partial charge in [0.15, 0.2) is 5.16 Å². The summed E-state index contributed by atoms with van der Waals surface area (Å²) in [5, 5.41) is 0.718. The van der Waals surface area contributed by atoms with Gasteiger partial charge in [-0.3, -0.25) is 15.0 Å². The number of aryl methyl sites for hydroxylation is 2. The number of carbonyl (C=O) groups excluding carboxylic acids is 1. The number of benzene rings is 1. The number of nitrogens with one attached hydrogen (secondary N) is 1. The summed E-state index contributed by atoms with van der Waals surface area (Å²) in [4.78, 5) is 31.5. The first-order valence-electron chi connectivity index (χ1n) is 7.11. The topological polar surface area (TPSA) is 64.0 Å². The Bertz CT molecular complexity index is 992. The average Bonchev–Trinajstić information content (AvgIpc) is 2.83. The number of thiophene rings is 1. The van der Waals surface area contributed by atoms with Crippen LogP contribution in [0.2, 0.25) is 0 Å². The van der Waals surface area contributed by atoms with Crippen LogP contribution in [-0.2, 0) is 4.79 Å². The molecule has 3 heterocycles. The number of fused-ring (bicyclic) bond motifs is 2. The highest BCUT2D eigenvalue weighted by Crippen LogP contribution is 2.38. The Kier molecular flexibility index (Phi) is 3.28. The molecule has 23 heavy (non-hydrogen) atoms. The number of carbonyl (C=O) groups is 1. The zero-order valence-electron chi connectivity index (χ0n) is 12.5. The minimum Gasteiger partial charge on any atom is -0.272 e. The third kappa shape index (κ3) is 2.19. The Morgan fingerprint density at radius 3 is 2.65 bits per heavy atom. The fraction of sp³-hybridized carbons (Fsp3) is 0.188. The molecule has 7 heteroatoms. The maximum Gasteiger partial charge on any atom is 0.282 e. The van der Waals surface area contributed by atoms with Gasteiger partial charge in [-0.05, 0) is 25.0 Å². The molecule has 1 unspecified atom stereocenters. The number of aromatic nitrogens is 2. The second-order valence-electron chi connectivity index (χ2n) is 5.38. The molecule has 1 aliphatic heterocycles. The first kappa shape index (κ1) is 14.5.